The summed E-state index contributed by atoms with van der Waals surface area (Å²) in [7, 11) is 0. The molecule has 0 spiro atoms. The van der Waals surface area contributed by atoms with Crippen molar-refractivity contribution in [1.82, 2.24) is 0 Å². The van der Waals surface area contributed by atoms with Crippen LogP contribution < -0.4 is 0 Å². The number of aliphatic hydroxyl groups excluding tert-OH is 3. The number of fused-ring (bicyclic) bond motifs is 5. The highest BCUT2D eigenvalue weighted by molar-refractivity contribution is 5.17. The van der Waals surface area contributed by atoms with Gasteiger partial charge in [0.05, 0.1) is 18.3 Å². The van der Waals surface area contributed by atoms with Gasteiger partial charge in [-0.25, -0.2) is 0 Å². The lowest BCUT2D eigenvalue weighted by Gasteiger charge is -2.61. The van der Waals surface area contributed by atoms with Gasteiger partial charge in [-0.15, -0.1) is 0 Å². The van der Waals surface area contributed by atoms with E-state index in [2.05, 4.69) is 13.8 Å². The van der Waals surface area contributed by atoms with Crippen molar-refractivity contribution in [3.63, 3.8) is 0 Å². The molecule has 3 N–H and O–H groups in total. The van der Waals surface area contributed by atoms with Gasteiger partial charge in [-0.2, -0.15) is 0 Å². The van der Waals surface area contributed by atoms with E-state index in [0.29, 0.717) is 23.2 Å². The van der Waals surface area contributed by atoms with Gasteiger partial charge in [0.1, 0.15) is 0 Å². The Hall–Kier alpha value is -0.900. The fourth-order valence-electron chi connectivity index (χ4n) is 9.23. The van der Waals surface area contributed by atoms with Gasteiger partial charge in [0, 0.05) is 6.42 Å². The molecule has 0 aliphatic heterocycles. The molecule has 4 aliphatic rings. The molecule has 10 atom stereocenters. The van der Waals surface area contributed by atoms with Crippen LogP contribution in [-0.2, 0) is 0 Å². The van der Waals surface area contributed by atoms with E-state index >= 15 is 0 Å². The van der Waals surface area contributed by atoms with Crippen LogP contribution >= 0.6 is 0 Å². The molecule has 0 radical (unpaired) electrons. The van der Waals surface area contributed by atoms with Gasteiger partial charge in [0.15, 0.2) is 0 Å². The van der Waals surface area contributed by atoms with E-state index in [-0.39, 0.29) is 6.10 Å². The first-order valence-electron chi connectivity index (χ1n) is 13.4. The number of hydrogen-bond acceptors (Lipinski definition) is 3. The highest BCUT2D eigenvalue weighted by Crippen LogP contribution is 2.67. The molecule has 5 rings (SSSR count). The van der Waals surface area contributed by atoms with Crippen molar-refractivity contribution in [1.29, 1.82) is 0 Å². The molecule has 178 valence electrons. The topological polar surface area (TPSA) is 60.7 Å². The molecule has 4 fully saturated rings. The Morgan fingerprint density at radius 2 is 1.59 bits per heavy atom. The van der Waals surface area contributed by atoms with Crippen molar-refractivity contribution in [3.8, 4) is 0 Å². The minimum atomic E-state index is -0.580. The van der Waals surface area contributed by atoms with E-state index < -0.39 is 12.2 Å². The van der Waals surface area contributed by atoms with Gasteiger partial charge in [-0.1, -0.05) is 44.2 Å². The Bertz CT molecular complexity index is 780. The van der Waals surface area contributed by atoms with Crippen LogP contribution in [0.3, 0.4) is 0 Å². The maximum atomic E-state index is 10.9. The van der Waals surface area contributed by atoms with Crippen LogP contribution in [0.25, 0.3) is 0 Å². The van der Waals surface area contributed by atoms with Crippen LogP contribution in [0.5, 0.6) is 0 Å². The molecule has 0 saturated heterocycles. The van der Waals surface area contributed by atoms with Gasteiger partial charge in [-0.3, -0.25) is 0 Å². The average molecular weight is 441 g/mol. The van der Waals surface area contributed by atoms with E-state index in [1.807, 2.05) is 30.3 Å². The highest BCUT2D eigenvalue weighted by Gasteiger charge is 2.60. The van der Waals surface area contributed by atoms with E-state index in [4.69, 9.17) is 0 Å². The lowest BCUT2D eigenvalue weighted by molar-refractivity contribution is -0.128. The third-order valence-electron chi connectivity index (χ3n) is 11.1. The van der Waals surface area contributed by atoms with Gasteiger partial charge in [0.25, 0.3) is 0 Å². The average Bonchev–Trinajstić information content (AvgIpc) is 3.11. The van der Waals surface area contributed by atoms with Gasteiger partial charge < -0.3 is 15.3 Å². The molecule has 0 aromatic heterocycles. The third-order valence-corrected chi connectivity index (χ3v) is 11.1. The van der Waals surface area contributed by atoms with Crippen molar-refractivity contribution in [2.45, 2.75) is 103 Å². The monoisotopic (exact) mass is 440 g/mol. The first-order valence-corrected chi connectivity index (χ1v) is 13.4. The van der Waals surface area contributed by atoms with Crippen LogP contribution in [0.4, 0.5) is 0 Å². The molecule has 0 amide bonds. The second-order valence-corrected chi connectivity index (χ2v) is 12.5. The summed E-state index contributed by atoms with van der Waals surface area (Å²) in [6.45, 7) is 5.09. The molecule has 4 aliphatic carbocycles. The predicted molar refractivity (Wildman–Crippen MR) is 128 cm³/mol. The number of benzene rings is 1. The van der Waals surface area contributed by atoms with Crippen molar-refractivity contribution in [2.75, 3.05) is 0 Å². The zero-order chi connectivity index (χ0) is 22.5. The maximum Gasteiger partial charge on any atom is 0.0814 e. The summed E-state index contributed by atoms with van der Waals surface area (Å²) >= 11 is 0. The summed E-state index contributed by atoms with van der Waals surface area (Å²) in [5.41, 5.74) is 1.68. The van der Waals surface area contributed by atoms with Gasteiger partial charge in [-0.05, 0) is 110 Å². The zero-order valence-corrected chi connectivity index (χ0v) is 20.1. The normalized spacial score (nSPS) is 45.4. The Morgan fingerprint density at radius 1 is 0.875 bits per heavy atom. The first kappa shape index (κ1) is 22.9. The fraction of sp³-hybridized carbons (Fsp3) is 0.793. The Labute approximate surface area is 194 Å². The first-order chi connectivity index (χ1) is 15.3. The standard InChI is InChI=1S/C29H44O3/c1-28-14-12-22(30)16-20(28)8-10-24-25-11-9-21(29(25,2)15-13-26(24)28)17-23(31)18-27(32)19-6-4-3-5-7-19/h3-7,20-27,30-32H,8-18H2,1-2H3/t20?,21-,22+,23?,24?,25?,26?,27?,28?,29?/m1/s1. The fourth-order valence-corrected chi connectivity index (χ4v) is 9.23. The molecule has 1 aromatic carbocycles. The Morgan fingerprint density at radius 3 is 2.38 bits per heavy atom. The molecule has 3 nitrogen and oxygen atoms in total. The van der Waals surface area contributed by atoms with Crippen molar-refractivity contribution >= 4 is 0 Å². The minimum Gasteiger partial charge on any atom is -0.393 e. The molecule has 4 saturated carbocycles. The number of hydrogen-bond donors (Lipinski definition) is 3. The molecule has 32 heavy (non-hydrogen) atoms. The lowest BCUT2D eigenvalue weighted by atomic mass is 9.44. The SMILES string of the molecule is CC12CC[C@H](O)CC1CCC1C2CCC2(C)C1CC[C@@H]2CC(O)CC(O)c1ccccc1. The van der Waals surface area contributed by atoms with Crippen molar-refractivity contribution in [2.24, 2.45) is 40.4 Å². The summed E-state index contributed by atoms with van der Waals surface area (Å²) < 4.78 is 0. The highest BCUT2D eigenvalue weighted by atomic mass is 16.3. The van der Waals surface area contributed by atoms with E-state index in [1.54, 1.807) is 0 Å². The van der Waals surface area contributed by atoms with Crippen LogP contribution in [-0.4, -0.2) is 27.5 Å². The number of rotatable bonds is 5. The maximum absolute atomic E-state index is 10.9. The van der Waals surface area contributed by atoms with Crippen molar-refractivity contribution < 1.29 is 15.3 Å². The largest absolute Gasteiger partial charge is 0.393 e. The van der Waals surface area contributed by atoms with Gasteiger partial charge >= 0.3 is 0 Å². The lowest BCUT2D eigenvalue weighted by Crippen LogP contribution is -2.54. The number of aliphatic hydroxyl groups is 3. The van der Waals surface area contributed by atoms with Crippen LogP contribution in [0.15, 0.2) is 30.3 Å². The molecular formula is C29H44O3. The third kappa shape index (κ3) is 3.87. The summed E-state index contributed by atoms with van der Waals surface area (Å²) in [6.07, 6.45) is 11.3. The molecule has 3 heteroatoms. The summed E-state index contributed by atoms with van der Waals surface area (Å²) in [4.78, 5) is 0. The Balaban J connectivity index is 1.25. The predicted octanol–water partition coefficient (Wildman–Crippen LogP) is 5.88. The molecule has 8 unspecified atom stereocenters. The molecule has 0 heterocycles. The van der Waals surface area contributed by atoms with E-state index in [9.17, 15) is 15.3 Å². The quantitative estimate of drug-likeness (QED) is 0.536. The Kier molecular flexibility index (Phi) is 6.22. The van der Waals surface area contributed by atoms with E-state index in [0.717, 1.165) is 48.5 Å². The molecular weight excluding hydrogens is 396 g/mol. The summed E-state index contributed by atoms with van der Waals surface area (Å²) in [5, 5.41) is 31.8. The van der Waals surface area contributed by atoms with Crippen molar-refractivity contribution in [3.05, 3.63) is 35.9 Å². The van der Waals surface area contributed by atoms with E-state index in [1.165, 1.54) is 44.9 Å². The molecule has 1 aromatic rings. The second kappa shape index (κ2) is 8.71. The molecule has 0 bridgehead atoms. The zero-order valence-electron chi connectivity index (χ0n) is 20.1. The second-order valence-electron chi connectivity index (χ2n) is 12.5. The van der Waals surface area contributed by atoms with Crippen LogP contribution in [0.2, 0.25) is 0 Å². The van der Waals surface area contributed by atoms with Crippen LogP contribution in [0, 0.1) is 40.4 Å². The summed E-state index contributed by atoms with van der Waals surface area (Å²) in [5.74, 6) is 3.75. The smallest absolute Gasteiger partial charge is 0.0814 e. The van der Waals surface area contributed by atoms with Gasteiger partial charge in [0.2, 0.25) is 0 Å². The summed E-state index contributed by atoms with van der Waals surface area (Å²) in [6, 6.07) is 9.77. The minimum absolute atomic E-state index is 0.0675. The van der Waals surface area contributed by atoms with Crippen LogP contribution in [0.1, 0.15) is 96.1 Å².